The number of carbonyl (C=O) groups is 2. The summed E-state index contributed by atoms with van der Waals surface area (Å²) in [6, 6.07) is 0. The molecule has 0 aromatic rings. The molecule has 0 radical (unpaired) electrons. The number of hydrogen-bond donors (Lipinski definition) is 2. The van der Waals surface area contributed by atoms with E-state index in [0.29, 0.717) is 13.2 Å². The van der Waals surface area contributed by atoms with Crippen molar-refractivity contribution >= 4 is 11.9 Å². The summed E-state index contributed by atoms with van der Waals surface area (Å²) in [4.78, 5) is 21.9. The molecule has 1 heterocycles. The summed E-state index contributed by atoms with van der Waals surface area (Å²) in [7, 11) is 0. The molecule has 0 aromatic heterocycles. The molecule has 90 valence electrons. The van der Waals surface area contributed by atoms with Crippen molar-refractivity contribution in [3.05, 3.63) is 0 Å². The molecule has 2 fully saturated rings. The van der Waals surface area contributed by atoms with Crippen LogP contribution in [0.25, 0.3) is 0 Å². The van der Waals surface area contributed by atoms with Gasteiger partial charge in [-0.25, -0.2) is 0 Å². The Morgan fingerprint density at radius 2 is 1.62 bits per heavy atom. The van der Waals surface area contributed by atoms with Gasteiger partial charge in [0.1, 0.15) is 5.92 Å². The van der Waals surface area contributed by atoms with Gasteiger partial charge in [0, 0.05) is 6.42 Å². The van der Waals surface area contributed by atoms with Gasteiger partial charge in [-0.05, 0) is 12.8 Å². The molecular formula is C10H14O6. The van der Waals surface area contributed by atoms with Gasteiger partial charge in [-0.3, -0.25) is 9.59 Å². The third kappa shape index (κ3) is 1.68. The first-order valence-electron chi connectivity index (χ1n) is 5.30. The minimum Gasteiger partial charge on any atom is -0.481 e. The summed E-state index contributed by atoms with van der Waals surface area (Å²) >= 11 is 0. The SMILES string of the molecule is O=C(O)[C@@H]1CC2(OCCCCO2)[C@H]1C(=O)O. The molecule has 1 saturated heterocycles. The van der Waals surface area contributed by atoms with Gasteiger partial charge in [0.25, 0.3) is 0 Å². The Kier molecular flexibility index (Phi) is 2.86. The molecule has 0 bridgehead atoms. The monoisotopic (exact) mass is 230 g/mol. The van der Waals surface area contributed by atoms with Gasteiger partial charge in [-0.15, -0.1) is 0 Å². The Bertz CT molecular complexity index is 304. The average Bonchev–Trinajstić information content (AvgIpc) is 2.39. The van der Waals surface area contributed by atoms with Crippen molar-refractivity contribution in [3.63, 3.8) is 0 Å². The molecule has 2 atom stereocenters. The van der Waals surface area contributed by atoms with Crippen LogP contribution in [0.2, 0.25) is 0 Å². The van der Waals surface area contributed by atoms with Gasteiger partial charge in [0.05, 0.1) is 19.1 Å². The highest BCUT2D eigenvalue weighted by Crippen LogP contribution is 2.48. The molecule has 1 aliphatic carbocycles. The van der Waals surface area contributed by atoms with Gasteiger partial charge in [0.15, 0.2) is 5.79 Å². The van der Waals surface area contributed by atoms with E-state index in [2.05, 4.69) is 0 Å². The van der Waals surface area contributed by atoms with Gasteiger partial charge < -0.3 is 19.7 Å². The Hall–Kier alpha value is -1.14. The van der Waals surface area contributed by atoms with Crippen LogP contribution in [-0.4, -0.2) is 41.2 Å². The summed E-state index contributed by atoms with van der Waals surface area (Å²) < 4.78 is 10.8. The lowest BCUT2D eigenvalue weighted by Crippen LogP contribution is -2.62. The Labute approximate surface area is 92.2 Å². The highest BCUT2D eigenvalue weighted by molar-refractivity contribution is 5.83. The topological polar surface area (TPSA) is 93.1 Å². The van der Waals surface area contributed by atoms with E-state index in [1.807, 2.05) is 0 Å². The lowest BCUT2D eigenvalue weighted by molar-refractivity contribution is -0.316. The van der Waals surface area contributed by atoms with E-state index in [4.69, 9.17) is 19.7 Å². The number of carboxylic acid groups (broad SMARTS) is 2. The van der Waals surface area contributed by atoms with Crippen molar-refractivity contribution in [2.24, 2.45) is 11.8 Å². The Balaban J connectivity index is 2.16. The smallest absolute Gasteiger partial charge is 0.312 e. The van der Waals surface area contributed by atoms with E-state index in [-0.39, 0.29) is 6.42 Å². The second-order valence-corrected chi connectivity index (χ2v) is 4.18. The van der Waals surface area contributed by atoms with Crippen molar-refractivity contribution in [3.8, 4) is 0 Å². The second-order valence-electron chi connectivity index (χ2n) is 4.18. The van der Waals surface area contributed by atoms with Crippen LogP contribution in [0.15, 0.2) is 0 Å². The molecule has 0 aromatic carbocycles. The summed E-state index contributed by atoms with van der Waals surface area (Å²) in [5.41, 5.74) is 0. The number of rotatable bonds is 2. The van der Waals surface area contributed by atoms with Crippen LogP contribution in [0.1, 0.15) is 19.3 Å². The standard InChI is InChI=1S/C10H14O6/c11-8(12)6-5-10(7(6)9(13)14)15-3-1-2-4-16-10/h6-7H,1-5H2,(H,11,12)(H,13,14)/t6-,7-/m1/s1. The first-order chi connectivity index (χ1) is 7.57. The second kappa shape index (κ2) is 4.03. The van der Waals surface area contributed by atoms with E-state index in [0.717, 1.165) is 12.8 Å². The van der Waals surface area contributed by atoms with Crippen molar-refractivity contribution in [2.75, 3.05) is 13.2 Å². The fourth-order valence-corrected chi connectivity index (χ4v) is 2.32. The predicted octanol–water partition coefficient (Wildman–Crippen LogP) is 0.315. The molecule has 1 spiro atoms. The molecule has 1 saturated carbocycles. The molecule has 6 nitrogen and oxygen atoms in total. The Morgan fingerprint density at radius 1 is 1.06 bits per heavy atom. The Morgan fingerprint density at radius 3 is 2.06 bits per heavy atom. The van der Waals surface area contributed by atoms with Crippen molar-refractivity contribution < 1.29 is 29.3 Å². The highest BCUT2D eigenvalue weighted by Gasteiger charge is 2.63. The maximum Gasteiger partial charge on any atom is 0.312 e. The molecule has 2 rings (SSSR count). The van der Waals surface area contributed by atoms with E-state index in [9.17, 15) is 9.59 Å². The van der Waals surface area contributed by atoms with Gasteiger partial charge in [-0.2, -0.15) is 0 Å². The molecular weight excluding hydrogens is 216 g/mol. The van der Waals surface area contributed by atoms with Crippen molar-refractivity contribution in [1.29, 1.82) is 0 Å². The zero-order valence-corrected chi connectivity index (χ0v) is 8.72. The zero-order chi connectivity index (χ0) is 11.8. The number of hydrogen-bond acceptors (Lipinski definition) is 4. The molecule has 16 heavy (non-hydrogen) atoms. The van der Waals surface area contributed by atoms with Crippen LogP contribution in [0.5, 0.6) is 0 Å². The predicted molar refractivity (Wildman–Crippen MR) is 50.7 cm³/mol. The summed E-state index contributed by atoms with van der Waals surface area (Å²) in [5, 5.41) is 17.9. The molecule has 0 unspecified atom stereocenters. The summed E-state index contributed by atoms with van der Waals surface area (Å²) in [6.45, 7) is 0.853. The molecule has 2 N–H and O–H groups in total. The normalized spacial score (nSPS) is 32.8. The van der Waals surface area contributed by atoms with Crippen molar-refractivity contribution in [2.45, 2.75) is 25.0 Å². The highest BCUT2D eigenvalue weighted by atomic mass is 16.7. The number of aliphatic carboxylic acids is 2. The average molecular weight is 230 g/mol. The maximum atomic E-state index is 11.1. The fourth-order valence-electron chi connectivity index (χ4n) is 2.32. The third-order valence-corrected chi connectivity index (χ3v) is 3.20. The van der Waals surface area contributed by atoms with Crippen LogP contribution in [0.4, 0.5) is 0 Å². The molecule has 0 amide bonds. The van der Waals surface area contributed by atoms with E-state index < -0.39 is 29.6 Å². The summed E-state index contributed by atoms with van der Waals surface area (Å²) in [6.07, 6.45) is 1.75. The van der Waals surface area contributed by atoms with Crippen LogP contribution in [-0.2, 0) is 19.1 Å². The quantitative estimate of drug-likeness (QED) is 0.709. The van der Waals surface area contributed by atoms with E-state index in [1.165, 1.54) is 0 Å². The number of ether oxygens (including phenoxy) is 2. The first kappa shape index (κ1) is 11.3. The largest absolute Gasteiger partial charge is 0.481 e. The lowest BCUT2D eigenvalue weighted by Gasteiger charge is -2.49. The molecule has 2 aliphatic rings. The molecule has 6 heteroatoms. The number of carboxylic acids is 2. The van der Waals surface area contributed by atoms with Crippen LogP contribution in [0.3, 0.4) is 0 Å². The van der Waals surface area contributed by atoms with E-state index >= 15 is 0 Å². The first-order valence-corrected chi connectivity index (χ1v) is 5.30. The van der Waals surface area contributed by atoms with Crippen LogP contribution in [0, 0.1) is 11.8 Å². The van der Waals surface area contributed by atoms with Crippen LogP contribution < -0.4 is 0 Å². The van der Waals surface area contributed by atoms with Gasteiger partial charge in [-0.1, -0.05) is 0 Å². The zero-order valence-electron chi connectivity index (χ0n) is 8.72. The maximum absolute atomic E-state index is 11.1. The molecule has 1 aliphatic heterocycles. The minimum atomic E-state index is -1.20. The van der Waals surface area contributed by atoms with Gasteiger partial charge in [0.2, 0.25) is 0 Å². The van der Waals surface area contributed by atoms with Crippen LogP contribution >= 0.6 is 0 Å². The lowest BCUT2D eigenvalue weighted by atomic mass is 9.67. The summed E-state index contributed by atoms with van der Waals surface area (Å²) in [5.74, 6) is -5.47. The van der Waals surface area contributed by atoms with Crippen molar-refractivity contribution in [1.82, 2.24) is 0 Å². The minimum absolute atomic E-state index is 0.124. The third-order valence-electron chi connectivity index (χ3n) is 3.20. The fraction of sp³-hybridized carbons (Fsp3) is 0.800. The van der Waals surface area contributed by atoms with Gasteiger partial charge >= 0.3 is 11.9 Å². The van der Waals surface area contributed by atoms with E-state index in [1.54, 1.807) is 0 Å².